The first-order valence-corrected chi connectivity index (χ1v) is 7.03. The van der Waals surface area contributed by atoms with Crippen LogP contribution in [0.4, 0.5) is 0 Å². The van der Waals surface area contributed by atoms with E-state index in [4.69, 9.17) is 4.74 Å². The largest absolute Gasteiger partial charge is 0.380 e. The van der Waals surface area contributed by atoms with Crippen LogP contribution in [0.3, 0.4) is 0 Å². The van der Waals surface area contributed by atoms with Crippen molar-refractivity contribution in [2.24, 2.45) is 0 Å². The zero-order valence-corrected chi connectivity index (χ0v) is 11.0. The minimum absolute atomic E-state index is 0.456. The lowest BCUT2D eigenvalue weighted by atomic mass is 10.1. The fraction of sp³-hybridized carbons (Fsp3) is 0.692. The van der Waals surface area contributed by atoms with E-state index in [0.29, 0.717) is 12.1 Å². The third-order valence-corrected chi connectivity index (χ3v) is 4.52. The monoisotopic (exact) mass is 239 g/mol. The highest BCUT2D eigenvalue weighted by Gasteiger charge is 2.17. The van der Waals surface area contributed by atoms with E-state index in [1.54, 1.807) is 0 Å². The number of aryl methyl sites for hydroxylation is 1. The van der Waals surface area contributed by atoms with Crippen LogP contribution in [0.25, 0.3) is 0 Å². The Hall–Kier alpha value is -0.380. The van der Waals surface area contributed by atoms with Crippen molar-refractivity contribution in [2.75, 3.05) is 13.2 Å². The lowest BCUT2D eigenvalue weighted by Gasteiger charge is -2.26. The van der Waals surface area contributed by atoms with Crippen molar-refractivity contribution >= 4 is 11.3 Å². The summed E-state index contributed by atoms with van der Waals surface area (Å²) < 4.78 is 5.49. The van der Waals surface area contributed by atoms with Crippen molar-refractivity contribution in [3.63, 3.8) is 0 Å². The van der Waals surface area contributed by atoms with Crippen LogP contribution in [0, 0.1) is 0 Å². The maximum absolute atomic E-state index is 5.49. The van der Waals surface area contributed by atoms with Crippen LogP contribution in [-0.2, 0) is 11.2 Å². The van der Waals surface area contributed by atoms with Crippen molar-refractivity contribution < 1.29 is 4.74 Å². The smallest absolute Gasteiger partial charge is 0.0619 e. The summed E-state index contributed by atoms with van der Waals surface area (Å²) in [7, 11) is 0. The highest BCUT2D eigenvalue weighted by Crippen LogP contribution is 2.24. The molecular formula is C13H21NOS. The van der Waals surface area contributed by atoms with Gasteiger partial charge in [-0.05, 0) is 38.3 Å². The van der Waals surface area contributed by atoms with Crippen LogP contribution in [0.15, 0.2) is 12.1 Å². The molecule has 0 amide bonds. The van der Waals surface area contributed by atoms with Crippen LogP contribution in [0.5, 0.6) is 0 Å². The predicted octanol–water partition coefficient (Wildman–Crippen LogP) is 3.14. The minimum atomic E-state index is 0.456. The topological polar surface area (TPSA) is 21.3 Å². The molecule has 2 unspecified atom stereocenters. The van der Waals surface area contributed by atoms with Gasteiger partial charge in [0.25, 0.3) is 0 Å². The normalized spacial score (nSPS) is 23.2. The van der Waals surface area contributed by atoms with Gasteiger partial charge in [-0.3, -0.25) is 0 Å². The van der Waals surface area contributed by atoms with Gasteiger partial charge in [-0.15, -0.1) is 11.3 Å². The van der Waals surface area contributed by atoms with E-state index in [1.807, 2.05) is 11.3 Å². The van der Waals surface area contributed by atoms with Crippen LogP contribution >= 0.6 is 11.3 Å². The molecule has 0 bridgehead atoms. The molecule has 0 spiro atoms. The standard InChI is InChI=1S/C13H21NOS/c1-3-12-6-7-13(16-12)10(2)14-11-5-4-8-15-9-11/h6-7,10-11,14H,3-5,8-9H2,1-2H3. The first-order valence-electron chi connectivity index (χ1n) is 6.22. The Morgan fingerprint density at radius 1 is 1.56 bits per heavy atom. The first kappa shape index (κ1) is 12.1. The molecule has 1 saturated heterocycles. The maximum atomic E-state index is 5.49. The Bertz CT molecular complexity index is 317. The molecule has 0 saturated carbocycles. The zero-order chi connectivity index (χ0) is 11.4. The molecule has 3 heteroatoms. The molecule has 0 aromatic carbocycles. The summed E-state index contributed by atoms with van der Waals surface area (Å²) >= 11 is 1.93. The number of nitrogens with one attached hydrogen (secondary N) is 1. The Morgan fingerprint density at radius 3 is 3.06 bits per heavy atom. The Morgan fingerprint density at radius 2 is 2.44 bits per heavy atom. The van der Waals surface area contributed by atoms with Crippen molar-refractivity contribution in [1.82, 2.24) is 5.32 Å². The average Bonchev–Trinajstić information content (AvgIpc) is 2.79. The maximum Gasteiger partial charge on any atom is 0.0619 e. The molecule has 1 aliphatic rings. The van der Waals surface area contributed by atoms with Gasteiger partial charge in [0.2, 0.25) is 0 Å². The van der Waals surface area contributed by atoms with E-state index in [-0.39, 0.29) is 0 Å². The second-order valence-electron chi connectivity index (χ2n) is 4.46. The highest BCUT2D eigenvalue weighted by atomic mass is 32.1. The minimum Gasteiger partial charge on any atom is -0.380 e. The van der Waals surface area contributed by atoms with E-state index in [1.165, 1.54) is 22.6 Å². The molecule has 1 aliphatic heterocycles. The number of ether oxygens (including phenoxy) is 1. The van der Waals surface area contributed by atoms with Gasteiger partial charge in [-0.1, -0.05) is 6.92 Å². The number of rotatable bonds is 4. The van der Waals surface area contributed by atoms with Gasteiger partial charge >= 0.3 is 0 Å². The van der Waals surface area contributed by atoms with Crippen LogP contribution in [-0.4, -0.2) is 19.3 Å². The molecule has 0 radical (unpaired) electrons. The summed E-state index contributed by atoms with van der Waals surface area (Å²) in [6.07, 6.45) is 3.58. The summed E-state index contributed by atoms with van der Waals surface area (Å²) in [6.45, 7) is 6.27. The van der Waals surface area contributed by atoms with Crippen LogP contribution in [0.2, 0.25) is 0 Å². The van der Waals surface area contributed by atoms with E-state index >= 15 is 0 Å². The van der Waals surface area contributed by atoms with E-state index in [0.717, 1.165) is 19.6 Å². The molecule has 0 aliphatic carbocycles. The molecule has 2 heterocycles. The average molecular weight is 239 g/mol. The number of hydrogen-bond donors (Lipinski definition) is 1. The summed E-state index contributed by atoms with van der Waals surface area (Å²) in [6, 6.07) is 5.49. The van der Waals surface area contributed by atoms with Gasteiger partial charge in [0.05, 0.1) is 6.61 Å². The fourth-order valence-electron chi connectivity index (χ4n) is 2.13. The molecule has 90 valence electrons. The Labute approximate surface area is 102 Å². The van der Waals surface area contributed by atoms with Gasteiger partial charge in [-0.2, -0.15) is 0 Å². The summed E-state index contributed by atoms with van der Waals surface area (Å²) in [5.74, 6) is 0. The lowest BCUT2D eigenvalue weighted by molar-refractivity contribution is 0.0672. The van der Waals surface area contributed by atoms with Crippen LogP contribution in [0.1, 0.15) is 42.5 Å². The molecule has 2 atom stereocenters. The summed E-state index contributed by atoms with van der Waals surface area (Å²) in [4.78, 5) is 2.92. The second-order valence-corrected chi connectivity index (χ2v) is 5.66. The lowest BCUT2D eigenvalue weighted by Crippen LogP contribution is -2.38. The van der Waals surface area contributed by atoms with E-state index in [9.17, 15) is 0 Å². The van der Waals surface area contributed by atoms with Crippen LogP contribution < -0.4 is 5.32 Å². The quantitative estimate of drug-likeness (QED) is 0.871. The number of thiophene rings is 1. The predicted molar refractivity (Wildman–Crippen MR) is 69.1 cm³/mol. The van der Waals surface area contributed by atoms with Gasteiger partial charge in [-0.25, -0.2) is 0 Å². The fourth-order valence-corrected chi connectivity index (χ4v) is 3.09. The first-order chi connectivity index (χ1) is 7.79. The van der Waals surface area contributed by atoms with Crippen molar-refractivity contribution in [3.8, 4) is 0 Å². The third kappa shape index (κ3) is 3.06. The molecule has 1 aromatic heterocycles. The van der Waals surface area contributed by atoms with E-state index < -0.39 is 0 Å². The zero-order valence-electron chi connectivity index (χ0n) is 10.2. The molecule has 1 fully saturated rings. The van der Waals surface area contributed by atoms with Gasteiger partial charge in [0, 0.05) is 28.4 Å². The molecule has 1 aromatic rings. The summed E-state index contributed by atoms with van der Waals surface area (Å²) in [5, 5.41) is 3.66. The molecule has 2 nitrogen and oxygen atoms in total. The Balaban J connectivity index is 1.88. The molecular weight excluding hydrogens is 218 g/mol. The van der Waals surface area contributed by atoms with Crippen molar-refractivity contribution in [2.45, 2.75) is 45.2 Å². The number of hydrogen-bond acceptors (Lipinski definition) is 3. The SMILES string of the molecule is CCc1ccc(C(C)NC2CCCOC2)s1. The Kier molecular flexibility index (Phi) is 4.38. The van der Waals surface area contributed by atoms with Crippen molar-refractivity contribution in [3.05, 3.63) is 21.9 Å². The van der Waals surface area contributed by atoms with Gasteiger partial charge < -0.3 is 10.1 Å². The van der Waals surface area contributed by atoms with Gasteiger partial charge in [0.15, 0.2) is 0 Å². The van der Waals surface area contributed by atoms with Gasteiger partial charge in [0.1, 0.15) is 0 Å². The summed E-state index contributed by atoms with van der Waals surface area (Å²) in [5.41, 5.74) is 0. The van der Waals surface area contributed by atoms with E-state index in [2.05, 4.69) is 31.3 Å². The third-order valence-electron chi connectivity index (χ3n) is 3.10. The molecule has 1 N–H and O–H groups in total. The molecule has 16 heavy (non-hydrogen) atoms. The second kappa shape index (κ2) is 5.80. The molecule has 2 rings (SSSR count). The highest BCUT2D eigenvalue weighted by molar-refractivity contribution is 7.12. The van der Waals surface area contributed by atoms with Crippen molar-refractivity contribution in [1.29, 1.82) is 0 Å².